The number of hydrogen-bond acceptors (Lipinski definition) is 4. The molecule has 3 N–H and O–H groups in total. The first-order valence-corrected chi connectivity index (χ1v) is 6.80. The number of methoxy groups -OCH3 is 1. The summed E-state index contributed by atoms with van der Waals surface area (Å²) in [6, 6.07) is 0. The van der Waals surface area contributed by atoms with E-state index in [0.717, 1.165) is 38.8 Å². The molecule has 1 atom stereocenters. The molecule has 1 saturated heterocycles. The third-order valence-corrected chi connectivity index (χ3v) is 3.58. The summed E-state index contributed by atoms with van der Waals surface area (Å²) in [4.78, 5) is 12.3. The Morgan fingerprint density at radius 2 is 2.11 bits per heavy atom. The van der Waals surface area contributed by atoms with Crippen LogP contribution in [0.2, 0.25) is 0 Å². The maximum Gasteiger partial charge on any atom is 0.228 e. The molecule has 0 radical (unpaired) electrons. The fraction of sp³-hybridized carbons (Fsp3) is 0.923. The number of piperidine rings is 1. The summed E-state index contributed by atoms with van der Waals surface area (Å²) in [6.07, 6.45) is 2.77. The predicted octanol–water partition coefficient (Wildman–Crippen LogP) is 0.702. The molecule has 1 rings (SSSR count). The fourth-order valence-corrected chi connectivity index (χ4v) is 2.45. The fourth-order valence-electron chi connectivity index (χ4n) is 2.45. The Balaban J connectivity index is 0.00000324. The lowest BCUT2D eigenvalue weighted by molar-refractivity contribution is -0.136. The van der Waals surface area contributed by atoms with E-state index >= 15 is 0 Å². The normalized spacial score (nSPS) is 19.3. The molecule has 1 aliphatic heterocycles. The van der Waals surface area contributed by atoms with E-state index in [2.05, 4.69) is 10.6 Å². The minimum atomic E-state index is -0.444. The van der Waals surface area contributed by atoms with Gasteiger partial charge in [-0.2, -0.15) is 0 Å². The Hall–Kier alpha value is -0.360. The summed E-state index contributed by atoms with van der Waals surface area (Å²) in [6.45, 7) is 4.49. The molecule has 0 aromatic rings. The van der Waals surface area contributed by atoms with Gasteiger partial charge in [0.1, 0.15) is 0 Å². The van der Waals surface area contributed by atoms with Crippen molar-refractivity contribution < 1.29 is 14.6 Å². The molecule has 1 amide bonds. The maximum absolute atomic E-state index is 12.3. The van der Waals surface area contributed by atoms with E-state index in [0.29, 0.717) is 13.2 Å². The zero-order valence-electron chi connectivity index (χ0n) is 11.9. The second-order valence-corrected chi connectivity index (χ2v) is 5.12. The van der Waals surface area contributed by atoms with Crippen LogP contribution in [0.4, 0.5) is 0 Å². The zero-order chi connectivity index (χ0) is 13.4. The average molecular weight is 295 g/mol. The van der Waals surface area contributed by atoms with Crippen LogP contribution in [0.3, 0.4) is 0 Å². The van der Waals surface area contributed by atoms with Crippen LogP contribution >= 0.6 is 12.4 Å². The lowest BCUT2D eigenvalue weighted by Crippen LogP contribution is -2.51. The summed E-state index contributed by atoms with van der Waals surface area (Å²) in [5.41, 5.74) is -0.425. The van der Waals surface area contributed by atoms with Gasteiger partial charge in [-0.25, -0.2) is 0 Å². The van der Waals surface area contributed by atoms with E-state index in [-0.39, 0.29) is 18.3 Å². The van der Waals surface area contributed by atoms with Crippen molar-refractivity contribution in [3.8, 4) is 0 Å². The number of ether oxygens (including phenoxy) is 1. The van der Waals surface area contributed by atoms with Crippen LogP contribution in [0.1, 0.15) is 32.6 Å². The van der Waals surface area contributed by atoms with Crippen molar-refractivity contribution in [2.24, 2.45) is 5.41 Å². The van der Waals surface area contributed by atoms with E-state index in [9.17, 15) is 9.90 Å². The predicted molar refractivity (Wildman–Crippen MR) is 77.6 cm³/mol. The number of rotatable bonds is 7. The van der Waals surface area contributed by atoms with Gasteiger partial charge < -0.3 is 20.5 Å². The molecule has 114 valence electrons. The van der Waals surface area contributed by atoms with Gasteiger partial charge in [0.05, 0.1) is 18.1 Å². The monoisotopic (exact) mass is 294 g/mol. The Bertz CT molecular complexity index is 253. The van der Waals surface area contributed by atoms with E-state index in [1.54, 1.807) is 7.11 Å². The quantitative estimate of drug-likeness (QED) is 0.646. The third-order valence-electron chi connectivity index (χ3n) is 3.58. The Morgan fingerprint density at radius 1 is 1.47 bits per heavy atom. The van der Waals surface area contributed by atoms with Gasteiger partial charge in [0, 0.05) is 13.7 Å². The first-order valence-electron chi connectivity index (χ1n) is 6.80. The van der Waals surface area contributed by atoms with Crippen molar-refractivity contribution in [2.75, 3.05) is 33.4 Å². The van der Waals surface area contributed by atoms with Gasteiger partial charge in [-0.15, -0.1) is 12.4 Å². The summed E-state index contributed by atoms with van der Waals surface area (Å²) in [5.74, 6) is 0.0148. The molecule has 5 nitrogen and oxygen atoms in total. The molecular weight excluding hydrogens is 268 g/mol. The van der Waals surface area contributed by atoms with Gasteiger partial charge in [0.15, 0.2) is 0 Å². The highest BCUT2D eigenvalue weighted by molar-refractivity contribution is 5.85. The van der Waals surface area contributed by atoms with Crippen LogP contribution in [0, 0.1) is 5.41 Å². The van der Waals surface area contributed by atoms with Crippen LogP contribution in [0.15, 0.2) is 0 Å². The Kier molecular flexibility index (Phi) is 9.35. The number of nitrogens with one attached hydrogen (secondary N) is 2. The molecule has 6 heteroatoms. The van der Waals surface area contributed by atoms with Gasteiger partial charge >= 0.3 is 0 Å². The van der Waals surface area contributed by atoms with Crippen LogP contribution < -0.4 is 10.6 Å². The van der Waals surface area contributed by atoms with Crippen molar-refractivity contribution in [1.29, 1.82) is 0 Å². The van der Waals surface area contributed by atoms with E-state index in [1.165, 1.54) is 0 Å². The first-order chi connectivity index (χ1) is 8.64. The molecule has 0 bridgehead atoms. The molecule has 1 heterocycles. The average Bonchev–Trinajstić information content (AvgIpc) is 2.38. The van der Waals surface area contributed by atoms with E-state index in [4.69, 9.17) is 4.74 Å². The molecule has 0 aromatic carbocycles. The van der Waals surface area contributed by atoms with Gasteiger partial charge in [-0.1, -0.05) is 13.3 Å². The van der Waals surface area contributed by atoms with Crippen molar-refractivity contribution in [2.45, 2.75) is 38.7 Å². The van der Waals surface area contributed by atoms with Crippen molar-refractivity contribution in [1.82, 2.24) is 10.6 Å². The van der Waals surface area contributed by atoms with E-state index < -0.39 is 11.5 Å². The molecule has 0 saturated carbocycles. The second-order valence-electron chi connectivity index (χ2n) is 5.12. The van der Waals surface area contributed by atoms with Gasteiger partial charge in [-0.05, 0) is 32.4 Å². The molecule has 1 aliphatic rings. The number of aliphatic hydroxyl groups excluding tert-OH is 1. The SMILES string of the molecule is CCCC(O)CNC(=O)C1(COC)CCNCC1.Cl. The largest absolute Gasteiger partial charge is 0.391 e. The number of carbonyl (C=O) groups is 1. The first kappa shape index (κ1) is 18.6. The molecule has 0 spiro atoms. The highest BCUT2D eigenvalue weighted by Crippen LogP contribution is 2.29. The number of amides is 1. The van der Waals surface area contributed by atoms with Gasteiger partial charge in [0.25, 0.3) is 0 Å². The van der Waals surface area contributed by atoms with Gasteiger partial charge in [-0.3, -0.25) is 4.79 Å². The molecule has 0 aromatic heterocycles. The van der Waals surface area contributed by atoms with E-state index in [1.807, 2.05) is 6.92 Å². The standard InChI is InChI=1S/C13H26N2O3.ClH/c1-3-4-11(16)9-15-12(17)13(10-18-2)5-7-14-8-6-13;/h11,14,16H,3-10H2,1-2H3,(H,15,17);1H. The van der Waals surface area contributed by atoms with Crippen LogP contribution in [0.25, 0.3) is 0 Å². The number of halogens is 1. The number of aliphatic hydroxyl groups is 1. The Morgan fingerprint density at radius 3 is 2.63 bits per heavy atom. The van der Waals surface area contributed by atoms with Crippen LogP contribution in [0.5, 0.6) is 0 Å². The highest BCUT2D eigenvalue weighted by atomic mass is 35.5. The minimum Gasteiger partial charge on any atom is -0.391 e. The summed E-state index contributed by atoms with van der Waals surface area (Å²) >= 11 is 0. The Labute approximate surface area is 121 Å². The maximum atomic E-state index is 12.3. The summed E-state index contributed by atoms with van der Waals surface area (Å²) < 4.78 is 5.21. The summed E-state index contributed by atoms with van der Waals surface area (Å²) in [7, 11) is 1.63. The third kappa shape index (κ3) is 5.65. The van der Waals surface area contributed by atoms with Crippen molar-refractivity contribution >= 4 is 18.3 Å². The topological polar surface area (TPSA) is 70.6 Å². The number of carbonyl (C=O) groups excluding carboxylic acids is 1. The van der Waals surface area contributed by atoms with Crippen LogP contribution in [-0.2, 0) is 9.53 Å². The molecule has 19 heavy (non-hydrogen) atoms. The lowest BCUT2D eigenvalue weighted by Gasteiger charge is -2.35. The highest BCUT2D eigenvalue weighted by Gasteiger charge is 2.39. The van der Waals surface area contributed by atoms with Gasteiger partial charge in [0.2, 0.25) is 5.91 Å². The van der Waals surface area contributed by atoms with Crippen molar-refractivity contribution in [3.05, 3.63) is 0 Å². The number of hydrogen-bond donors (Lipinski definition) is 3. The zero-order valence-corrected chi connectivity index (χ0v) is 12.7. The molecular formula is C13H27ClN2O3. The molecule has 1 fully saturated rings. The minimum absolute atomic E-state index is 0. The lowest BCUT2D eigenvalue weighted by atomic mass is 9.78. The molecule has 1 unspecified atom stereocenters. The summed E-state index contributed by atoms with van der Waals surface area (Å²) in [5, 5.41) is 15.8. The molecule has 0 aliphatic carbocycles. The smallest absolute Gasteiger partial charge is 0.228 e. The van der Waals surface area contributed by atoms with Crippen LogP contribution in [-0.4, -0.2) is 50.5 Å². The second kappa shape index (κ2) is 9.53. The van der Waals surface area contributed by atoms with Crippen molar-refractivity contribution in [3.63, 3.8) is 0 Å².